The Morgan fingerprint density at radius 1 is 1.14 bits per heavy atom. The van der Waals surface area contributed by atoms with Crippen LogP contribution in [0.4, 0.5) is 0 Å². The fraction of sp³-hybridized carbons (Fsp3) is 0.684. The summed E-state index contributed by atoms with van der Waals surface area (Å²) < 4.78 is 6.44. The van der Waals surface area contributed by atoms with Gasteiger partial charge in [0.2, 0.25) is 0 Å². The number of nitrogens with two attached hydrogens (primary N) is 1. The normalized spacial score (nSPS) is 26.1. The monoisotopic (exact) mass is 287 g/mol. The molecule has 2 nitrogen and oxygen atoms in total. The smallest absolute Gasteiger partial charge is 0.0687 e. The Kier molecular flexibility index (Phi) is 4.66. The molecule has 2 N–H and O–H groups in total. The van der Waals surface area contributed by atoms with Gasteiger partial charge in [-0.25, -0.2) is 0 Å². The minimum Gasteiger partial charge on any atom is -0.372 e. The molecule has 1 aromatic carbocycles. The summed E-state index contributed by atoms with van der Waals surface area (Å²) in [6, 6.07) is 8.97. The lowest BCUT2D eigenvalue weighted by Crippen LogP contribution is -2.34. The minimum absolute atomic E-state index is 0.219. The summed E-state index contributed by atoms with van der Waals surface area (Å²) in [5.41, 5.74) is 9.25. The van der Waals surface area contributed by atoms with Crippen LogP contribution in [0, 0.1) is 6.92 Å². The summed E-state index contributed by atoms with van der Waals surface area (Å²) >= 11 is 0. The number of benzene rings is 1. The van der Waals surface area contributed by atoms with Gasteiger partial charge >= 0.3 is 0 Å². The summed E-state index contributed by atoms with van der Waals surface area (Å²) in [4.78, 5) is 0. The first-order chi connectivity index (χ1) is 10.2. The molecule has 2 aliphatic rings. The van der Waals surface area contributed by atoms with Crippen molar-refractivity contribution in [3.63, 3.8) is 0 Å². The third-order valence-electron chi connectivity index (χ3n) is 5.29. The van der Waals surface area contributed by atoms with Crippen LogP contribution in [0.15, 0.2) is 24.3 Å². The van der Waals surface area contributed by atoms with Gasteiger partial charge in [0.05, 0.1) is 11.7 Å². The van der Waals surface area contributed by atoms with Crippen molar-refractivity contribution in [1.82, 2.24) is 0 Å². The van der Waals surface area contributed by atoms with Crippen molar-refractivity contribution in [2.75, 3.05) is 0 Å². The third kappa shape index (κ3) is 3.87. The van der Waals surface area contributed by atoms with E-state index in [1.54, 1.807) is 0 Å². The number of ether oxygens (including phenoxy) is 1. The second kappa shape index (κ2) is 6.50. The molecule has 1 saturated carbocycles. The van der Waals surface area contributed by atoms with Gasteiger partial charge in [0, 0.05) is 6.04 Å². The molecular weight excluding hydrogens is 258 g/mol. The van der Waals surface area contributed by atoms with E-state index in [0.717, 1.165) is 12.8 Å². The van der Waals surface area contributed by atoms with Gasteiger partial charge in [-0.15, -0.1) is 0 Å². The average molecular weight is 287 g/mol. The van der Waals surface area contributed by atoms with Crippen molar-refractivity contribution in [3.8, 4) is 0 Å². The van der Waals surface area contributed by atoms with E-state index in [1.165, 1.54) is 56.1 Å². The van der Waals surface area contributed by atoms with Crippen LogP contribution in [-0.2, 0) is 11.2 Å². The van der Waals surface area contributed by atoms with E-state index < -0.39 is 0 Å². The Morgan fingerprint density at radius 2 is 1.86 bits per heavy atom. The van der Waals surface area contributed by atoms with Gasteiger partial charge in [0.25, 0.3) is 0 Å². The van der Waals surface area contributed by atoms with Crippen molar-refractivity contribution < 1.29 is 4.74 Å². The molecule has 1 saturated heterocycles. The molecule has 0 amide bonds. The molecule has 1 spiro atoms. The number of hydrogen-bond donors (Lipinski definition) is 1. The van der Waals surface area contributed by atoms with Gasteiger partial charge < -0.3 is 10.5 Å². The minimum atomic E-state index is 0.219. The van der Waals surface area contributed by atoms with Crippen LogP contribution in [0.3, 0.4) is 0 Å². The van der Waals surface area contributed by atoms with Crippen LogP contribution in [0.25, 0.3) is 0 Å². The maximum Gasteiger partial charge on any atom is 0.0687 e. The highest BCUT2D eigenvalue weighted by atomic mass is 16.5. The summed E-state index contributed by atoms with van der Waals surface area (Å²) in [6.45, 7) is 2.12. The largest absolute Gasteiger partial charge is 0.372 e. The fourth-order valence-corrected chi connectivity index (χ4v) is 4.07. The SMILES string of the molecule is Cc1ccc(CC(N)CC2CCC3(CCCCC3)O2)cc1. The summed E-state index contributed by atoms with van der Waals surface area (Å²) in [5, 5.41) is 0. The predicted molar refractivity (Wildman–Crippen MR) is 87.4 cm³/mol. The predicted octanol–water partition coefficient (Wildman–Crippen LogP) is 4.14. The van der Waals surface area contributed by atoms with Gasteiger partial charge in [0.1, 0.15) is 0 Å². The van der Waals surface area contributed by atoms with Crippen LogP contribution in [0.1, 0.15) is 62.5 Å². The quantitative estimate of drug-likeness (QED) is 0.903. The molecule has 2 atom stereocenters. The second-order valence-electron chi connectivity index (χ2n) is 7.21. The molecule has 3 rings (SSSR count). The molecule has 116 valence electrons. The van der Waals surface area contributed by atoms with E-state index in [1.807, 2.05) is 0 Å². The van der Waals surface area contributed by atoms with E-state index in [4.69, 9.17) is 10.5 Å². The van der Waals surface area contributed by atoms with E-state index in [9.17, 15) is 0 Å². The molecule has 0 aromatic heterocycles. The van der Waals surface area contributed by atoms with E-state index >= 15 is 0 Å². The van der Waals surface area contributed by atoms with Crippen LogP contribution >= 0.6 is 0 Å². The van der Waals surface area contributed by atoms with Gasteiger partial charge in [-0.1, -0.05) is 49.1 Å². The molecular formula is C19H29NO. The highest BCUT2D eigenvalue weighted by Crippen LogP contribution is 2.42. The Hall–Kier alpha value is -0.860. The standard InChI is InChI=1S/C19H29NO/c1-15-5-7-16(8-6-15)13-17(20)14-18-9-12-19(21-18)10-3-2-4-11-19/h5-8,17-18H,2-4,9-14,20H2,1H3. The van der Waals surface area contributed by atoms with Crippen molar-refractivity contribution in [2.24, 2.45) is 5.73 Å². The van der Waals surface area contributed by atoms with E-state index in [2.05, 4.69) is 31.2 Å². The van der Waals surface area contributed by atoms with Crippen molar-refractivity contribution >= 4 is 0 Å². The van der Waals surface area contributed by atoms with Gasteiger partial charge in [0.15, 0.2) is 0 Å². The highest BCUT2D eigenvalue weighted by Gasteiger charge is 2.40. The van der Waals surface area contributed by atoms with Crippen molar-refractivity contribution in [1.29, 1.82) is 0 Å². The fourth-order valence-electron chi connectivity index (χ4n) is 4.07. The third-order valence-corrected chi connectivity index (χ3v) is 5.29. The Bertz CT molecular complexity index is 447. The average Bonchev–Trinajstić information content (AvgIpc) is 2.84. The van der Waals surface area contributed by atoms with Gasteiger partial charge in [-0.2, -0.15) is 0 Å². The lowest BCUT2D eigenvalue weighted by atomic mass is 9.83. The molecule has 2 heteroatoms. The van der Waals surface area contributed by atoms with Crippen molar-refractivity contribution in [3.05, 3.63) is 35.4 Å². The zero-order chi connectivity index (χ0) is 14.7. The zero-order valence-corrected chi connectivity index (χ0v) is 13.3. The lowest BCUT2D eigenvalue weighted by molar-refractivity contribution is -0.0670. The molecule has 2 unspecified atom stereocenters. The van der Waals surface area contributed by atoms with Crippen LogP contribution in [0.5, 0.6) is 0 Å². The maximum atomic E-state index is 6.44. The molecule has 21 heavy (non-hydrogen) atoms. The van der Waals surface area contributed by atoms with Gasteiger partial charge in [-0.3, -0.25) is 0 Å². The summed E-state index contributed by atoms with van der Waals surface area (Å²) in [5.74, 6) is 0. The van der Waals surface area contributed by atoms with E-state index in [0.29, 0.717) is 6.10 Å². The molecule has 0 bridgehead atoms. The first kappa shape index (κ1) is 15.1. The number of aryl methyl sites for hydroxylation is 1. The molecule has 1 aromatic rings. The van der Waals surface area contributed by atoms with E-state index in [-0.39, 0.29) is 11.6 Å². The lowest BCUT2D eigenvalue weighted by Gasteiger charge is -2.33. The molecule has 0 radical (unpaired) electrons. The number of rotatable bonds is 4. The second-order valence-corrected chi connectivity index (χ2v) is 7.21. The van der Waals surface area contributed by atoms with Crippen LogP contribution < -0.4 is 5.73 Å². The Balaban J connectivity index is 1.49. The first-order valence-electron chi connectivity index (χ1n) is 8.64. The summed E-state index contributed by atoms with van der Waals surface area (Å²) in [7, 11) is 0. The Morgan fingerprint density at radius 3 is 2.57 bits per heavy atom. The highest BCUT2D eigenvalue weighted by molar-refractivity contribution is 5.22. The molecule has 1 aliphatic carbocycles. The topological polar surface area (TPSA) is 35.2 Å². The molecule has 1 aliphatic heterocycles. The molecule has 2 fully saturated rings. The first-order valence-corrected chi connectivity index (χ1v) is 8.64. The number of hydrogen-bond acceptors (Lipinski definition) is 2. The van der Waals surface area contributed by atoms with Crippen LogP contribution in [0.2, 0.25) is 0 Å². The van der Waals surface area contributed by atoms with Gasteiger partial charge in [-0.05, 0) is 51.0 Å². The van der Waals surface area contributed by atoms with Crippen LogP contribution in [-0.4, -0.2) is 17.7 Å². The van der Waals surface area contributed by atoms with Crippen molar-refractivity contribution in [2.45, 2.75) is 82.5 Å². The summed E-state index contributed by atoms with van der Waals surface area (Å²) in [6.07, 6.45) is 11.5. The maximum absolute atomic E-state index is 6.44. The zero-order valence-electron chi connectivity index (χ0n) is 13.3. The molecule has 1 heterocycles. The Labute approximate surface area is 129 Å².